The van der Waals surface area contributed by atoms with E-state index in [1.54, 1.807) is 0 Å². The number of anilines is 1. The van der Waals surface area contributed by atoms with Crippen LogP contribution in [0.2, 0.25) is 0 Å². The molecule has 0 aromatic carbocycles. The van der Waals surface area contributed by atoms with E-state index in [9.17, 15) is 4.79 Å². The topological polar surface area (TPSA) is 83.6 Å². The molecule has 0 atom stereocenters. The lowest BCUT2D eigenvalue weighted by Crippen LogP contribution is -2.13. The van der Waals surface area contributed by atoms with Crippen LogP contribution in [0.3, 0.4) is 0 Å². The van der Waals surface area contributed by atoms with Gasteiger partial charge in [0.1, 0.15) is 5.82 Å². The van der Waals surface area contributed by atoms with Crippen molar-refractivity contribution in [3.8, 4) is 0 Å². The third-order valence-electron chi connectivity index (χ3n) is 3.12. The Hall–Kier alpha value is -1.76. The summed E-state index contributed by atoms with van der Waals surface area (Å²) >= 11 is 1.48. The Morgan fingerprint density at radius 2 is 2.26 bits per heavy atom. The van der Waals surface area contributed by atoms with Crippen molar-refractivity contribution >= 4 is 22.4 Å². The highest BCUT2D eigenvalue weighted by molar-refractivity contribution is 7.15. The fourth-order valence-electron chi connectivity index (χ4n) is 1.88. The molecule has 0 unspecified atom stereocenters. The highest BCUT2D eigenvalue weighted by atomic mass is 32.1. The van der Waals surface area contributed by atoms with E-state index in [1.165, 1.54) is 11.3 Å². The van der Waals surface area contributed by atoms with Gasteiger partial charge < -0.3 is 0 Å². The van der Waals surface area contributed by atoms with Gasteiger partial charge >= 0.3 is 0 Å². The normalized spacial score (nSPS) is 14.6. The van der Waals surface area contributed by atoms with E-state index in [0.717, 1.165) is 35.7 Å². The zero-order valence-corrected chi connectivity index (χ0v) is 11.7. The van der Waals surface area contributed by atoms with Gasteiger partial charge in [-0.2, -0.15) is 0 Å². The Balaban J connectivity index is 1.72. The van der Waals surface area contributed by atoms with E-state index >= 15 is 0 Å². The molecule has 19 heavy (non-hydrogen) atoms. The summed E-state index contributed by atoms with van der Waals surface area (Å²) in [6, 6.07) is 0. The minimum Gasteiger partial charge on any atom is -0.295 e. The van der Waals surface area contributed by atoms with Crippen LogP contribution in [0, 0.1) is 6.92 Å². The number of aromatic nitrogens is 4. The molecule has 0 spiro atoms. The van der Waals surface area contributed by atoms with Gasteiger partial charge in [0, 0.05) is 10.8 Å². The first-order valence-corrected chi connectivity index (χ1v) is 7.19. The molecule has 0 aliphatic heterocycles. The minimum absolute atomic E-state index is 0.188. The van der Waals surface area contributed by atoms with Crippen LogP contribution in [0.15, 0.2) is 0 Å². The lowest BCUT2D eigenvalue weighted by Gasteiger charge is -1.95. The summed E-state index contributed by atoms with van der Waals surface area (Å²) in [5.41, 5.74) is 1.02. The van der Waals surface area contributed by atoms with Crippen LogP contribution >= 0.6 is 11.3 Å². The van der Waals surface area contributed by atoms with E-state index < -0.39 is 0 Å². The van der Waals surface area contributed by atoms with Crippen LogP contribution in [0.1, 0.15) is 52.7 Å². The number of aromatic amines is 1. The molecule has 6 nitrogen and oxygen atoms in total. The average molecular weight is 277 g/mol. The summed E-state index contributed by atoms with van der Waals surface area (Å²) in [6.45, 7) is 4.05. The molecule has 0 saturated heterocycles. The third-order valence-corrected chi connectivity index (χ3v) is 4.05. The molecule has 1 aliphatic carbocycles. The Morgan fingerprint density at radius 1 is 1.47 bits per heavy atom. The molecule has 1 fully saturated rings. The van der Waals surface area contributed by atoms with Crippen molar-refractivity contribution < 1.29 is 4.79 Å². The number of amides is 1. The highest BCUT2D eigenvalue weighted by Gasteiger charge is 2.28. The van der Waals surface area contributed by atoms with E-state index in [4.69, 9.17) is 0 Å². The first-order chi connectivity index (χ1) is 9.17. The molecule has 0 bridgehead atoms. The molecule has 100 valence electrons. The maximum atomic E-state index is 12.0. The van der Waals surface area contributed by atoms with Gasteiger partial charge in [0.05, 0.1) is 5.69 Å². The van der Waals surface area contributed by atoms with Gasteiger partial charge in [0.15, 0.2) is 5.13 Å². The standard InChI is InChI=1S/C12H15N5OS/c1-3-8-6(2)19-12(13-8)15-11(18)10-14-9(16-17-10)7-4-5-7/h7H,3-5H2,1-2H3,(H,13,15,18)(H,14,16,17). The predicted molar refractivity (Wildman–Crippen MR) is 72.5 cm³/mol. The maximum Gasteiger partial charge on any atom is 0.297 e. The van der Waals surface area contributed by atoms with Crippen molar-refractivity contribution in [2.24, 2.45) is 0 Å². The number of nitrogens with one attached hydrogen (secondary N) is 2. The van der Waals surface area contributed by atoms with Gasteiger partial charge in [0.25, 0.3) is 5.91 Å². The van der Waals surface area contributed by atoms with Crippen molar-refractivity contribution in [3.63, 3.8) is 0 Å². The van der Waals surface area contributed by atoms with E-state index in [2.05, 4.69) is 25.5 Å². The smallest absolute Gasteiger partial charge is 0.295 e. The van der Waals surface area contributed by atoms with Crippen LogP contribution in [0.5, 0.6) is 0 Å². The number of thiazole rings is 1. The van der Waals surface area contributed by atoms with Crippen LogP contribution < -0.4 is 5.32 Å². The molecule has 1 aliphatic rings. The minimum atomic E-state index is -0.306. The Labute approximate surface area is 114 Å². The van der Waals surface area contributed by atoms with Crippen molar-refractivity contribution in [1.29, 1.82) is 0 Å². The van der Waals surface area contributed by atoms with E-state index in [-0.39, 0.29) is 11.7 Å². The number of hydrogen-bond acceptors (Lipinski definition) is 5. The highest BCUT2D eigenvalue weighted by Crippen LogP contribution is 2.37. The van der Waals surface area contributed by atoms with Gasteiger partial charge in [-0.15, -0.1) is 16.4 Å². The average Bonchev–Trinajstić information content (AvgIpc) is 3.01. The Bertz CT molecular complexity index is 613. The summed E-state index contributed by atoms with van der Waals surface area (Å²) in [4.78, 5) is 21.7. The third kappa shape index (κ3) is 2.51. The molecular formula is C12H15N5OS. The van der Waals surface area contributed by atoms with Crippen molar-refractivity contribution in [3.05, 3.63) is 22.2 Å². The number of hydrogen-bond donors (Lipinski definition) is 2. The molecule has 0 radical (unpaired) electrons. The molecule has 1 amide bonds. The van der Waals surface area contributed by atoms with E-state index in [0.29, 0.717) is 11.0 Å². The lowest BCUT2D eigenvalue weighted by molar-refractivity contribution is 0.101. The van der Waals surface area contributed by atoms with Crippen LogP contribution in [0.4, 0.5) is 5.13 Å². The fraction of sp³-hybridized carbons (Fsp3) is 0.500. The van der Waals surface area contributed by atoms with E-state index in [1.807, 2.05) is 13.8 Å². The van der Waals surface area contributed by atoms with Crippen LogP contribution in [-0.2, 0) is 6.42 Å². The van der Waals surface area contributed by atoms with Gasteiger partial charge in [-0.05, 0) is 26.2 Å². The molecule has 2 heterocycles. The number of H-pyrrole nitrogens is 1. The number of rotatable bonds is 4. The van der Waals surface area contributed by atoms with Crippen molar-refractivity contribution in [1.82, 2.24) is 20.2 Å². The summed E-state index contributed by atoms with van der Waals surface area (Å²) in [5.74, 6) is 1.16. The fourth-order valence-corrected chi connectivity index (χ4v) is 2.78. The quantitative estimate of drug-likeness (QED) is 0.898. The van der Waals surface area contributed by atoms with Crippen LogP contribution in [-0.4, -0.2) is 26.1 Å². The SMILES string of the molecule is CCc1nc(NC(=O)c2n[nH]c(C3CC3)n2)sc1C. The summed E-state index contributed by atoms with van der Waals surface area (Å²) in [7, 11) is 0. The first kappa shape index (κ1) is 12.3. The number of carbonyl (C=O) groups is 1. The van der Waals surface area contributed by atoms with Gasteiger partial charge in [-0.1, -0.05) is 6.92 Å². The summed E-state index contributed by atoms with van der Waals surface area (Å²) in [6.07, 6.45) is 3.12. The van der Waals surface area contributed by atoms with Crippen molar-refractivity contribution in [2.75, 3.05) is 5.32 Å². The number of carbonyl (C=O) groups excluding carboxylic acids is 1. The second-order valence-electron chi connectivity index (χ2n) is 4.65. The molecule has 7 heteroatoms. The summed E-state index contributed by atoms with van der Waals surface area (Å²) < 4.78 is 0. The molecule has 3 rings (SSSR count). The second kappa shape index (κ2) is 4.73. The van der Waals surface area contributed by atoms with Crippen LogP contribution in [0.25, 0.3) is 0 Å². The van der Waals surface area contributed by atoms with Gasteiger partial charge in [-0.3, -0.25) is 15.2 Å². The molecular weight excluding hydrogens is 262 g/mol. The molecule has 2 aromatic rings. The molecule has 2 N–H and O–H groups in total. The maximum absolute atomic E-state index is 12.0. The monoisotopic (exact) mass is 277 g/mol. The predicted octanol–water partition coefficient (Wildman–Crippen LogP) is 2.26. The van der Waals surface area contributed by atoms with Crippen molar-refractivity contribution in [2.45, 2.75) is 39.0 Å². The van der Waals surface area contributed by atoms with Gasteiger partial charge in [0.2, 0.25) is 5.82 Å². The van der Waals surface area contributed by atoms with Gasteiger partial charge in [-0.25, -0.2) is 9.97 Å². The molecule has 2 aromatic heterocycles. The Morgan fingerprint density at radius 3 is 2.89 bits per heavy atom. The zero-order valence-electron chi connectivity index (χ0n) is 10.9. The second-order valence-corrected chi connectivity index (χ2v) is 5.85. The largest absolute Gasteiger partial charge is 0.297 e. The lowest BCUT2D eigenvalue weighted by atomic mass is 10.3. The number of nitrogens with zero attached hydrogens (tertiary/aromatic N) is 3. The summed E-state index contributed by atoms with van der Waals surface area (Å²) in [5, 5.41) is 10.1. The first-order valence-electron chi connectivity index (χ1n) is 6.37. The number of aryl methyl sites for hydroxylation is 2. The molecule has 1 saturated carbocycles. The zero-order chi connectivity index (χ0) is 13.4. The Kier molecular flexibility index (Phi) is 3.06.